The topological polar surface area (TPSA) is 97.8 Å². The highest BCUT2D eigenvalue weighted by Gasteiger charge is 2.61. The number of halogens is 2. The molecule has 2 heterocycles. The summed E-state index contributed by atoms with van der Waals surface area (Å²) < 4.78 is 85.8. The number of nitrogens with zero attached hydrogens (tertiary/aromatic N) is 1. The van der Waals surface area contributed by atoms with E-state index in [2.05, 4.69) is 0 Å². The van der Waals surface area contributed by atoms with E-state index in [0.717, 1.165) is 23.3 Å². The average Bonchev–Trinajstić information content (AvgIpc) is 3.38. The largest absolute Gasteiger partial charge is 0.489 e. The first-order chi connectivity index (χ1) is 20.4. The third-order valence-electron chi connectivity index (χ3n) is 9.39. The molecule has 2 fully saturated rings. The van der Waals surface area contributed by atoms with Gasteiger partial charge in [-0.15, -0.1) is 0 Å². The molecule has 6 rings (SSSR count). The van der Waals surface area contributed by atoms with Gasteiger partial charge in [0.2, 0.25) is 5.91 Å². The number of amides is 1. The number of carbonyl (C=O) groups is 1. The fraction of sp³-hybridized carbons (Fsp3) is 0.406. The molecule has 3 aromatic rings. The second kappa shape index (κ2) is 11.0. The van der Waals surface area contributed by atoms with Crippen LogP contribution >= 0.6 is 0 Å². The molecule has 2 aliphatic heterocycles. The van der Waals surface area contributed by atoms with Gasteiger partial charge in [-0.1, -0.05) is 18.2 Å². The van der Waals surface area contributed by atoms with Gasteiger partial charge in [0.25, 0.3) is 0 Å². The summed E-state index contributed by atoms with van der Waals surface area (Å²) in [6.45, 7) is 2.02. The minimum atomic E-state index is -4.13. The van der Waals surface area contributed by atoms with Crippen molar-refractivity contribution in [2.75, 3.05) is 18.1 Å². The van der Waals surface area contributed by atoms with Gasteiger partial charge in [-0.25, -0.2) is 25.6 Å². The molecule has 0 N–H and O–H groups in total. The quantitative estimate of drug-likeness (QED) is 0.360. The smallest absolute Gasteiger partial charge is 0.226 e. The van der Waals surface area contributed by atoms with E-state index in [1.807, 2.05) is 0 Å². The van der Waals surface area contributed by atoms with Crippen LogP contribution in [0.3, 0.4) is 0 Å². The maximum absolute atomic E-state index is 14.6. The molecule has 43 heavy (non-hydrogen) atoms. The van der Waals surface area contributed by atoms with E-state index < -0.39 is 42.2 Å². The Morgan fingerprint density at radius 2 is 1.74 bits per heavy atom. The van der Waals surface area contributed by atoms with E-state index in [-0.39, 0.29) is 60.5 Å². The summed E-state index contributed by atoms with van der Waals surface area (Å²) in [5.41, 5.74) is 2.54. The van der Waals surface area contributed by atoms with Crippen molar-refractivity contribution in [3.63, 3.8) is 0 Å². The fourth-order valence-electron chi connectivity index (χ4n) is 7.06. The number of sulfone groups is 2. The number of hydrogen-bond acceptors (Lipinski definition) is 6. The van der Waals surface area contributed by atoms with Gasteiger partial charge in [0.1, 0.15) is 38.6 Å². The number of fused-ring (bicyclic) bond motifs is 3. The summed E-state index contributed by atoms with van der Waals surface area (Å²) in [6, 6.07) is 14.1. The summed E-state index contributed by atoms with van der Waals surface area (Å²) in [6.07, 6.45) is 1.46. The SMILES string of the molecule is Cc1cccc(F)c1COc1ccc2c(c1)CC[C@H]1N(C(=O)C3CCS(=O)(=O)CC3)CC[C@@]21S(=O)(=O)c1ccc(F)cc1. The first kappa shape index (κ1) is 29.7. The van der Waals surface area contributed by atoms with Crippen LogP contribution in [0.5, 0.6) is 5.75 Å². The van der Waals surface area contributed by atoms with E-state index in [4.69, 9.17) is 4.74 Å². The molecule has 3 aliphatic rings. The van der Waals surface area contributed by atoms with Crippen molar-refractivity contribution in [3.05, 3.63) is 94.6 Å². The first-order valence-corrected chi connectivity index (χ1v) is 17.7. The van der Waals surface area contributed by atoms with Gasteiger partial charge in [-0.2, -0.15) is 0 Å². The summed E-state index contributed by atoms with van der Waals surface area (Å²) in [5, 5.41) is 0. The van der Waals surface area contributed by atoms with Crippen LogP contribution in [0.25, 0.3) is 0 Å². The molecule has 11 heteroatoms. The zero-order valence-electron chi connectivity index (χ0n) is 23.8. The molecule has 0 bridgehead atoms. The summed E-state index contributed by atoms with van der Waals surface area (Å²) in [4.78, 5) is 15.4. The molecule has 1 amide bonds. The standard InChI is InChI=1S/C32H33F2NO6S2/c1-21-3-2-4-29(34)27(21)20-41-25-8-11-28-23(19-25)5-12-30-32(28,43(39,40)26-9-6-24(33)7-10-26)15-16-35(30)31(36)22-13-17-42(37,38)18-14-22/h2-4,6-11,19,22,30H,5,12-18,20H2,1H3/t30-,32-/m1/s1. The van der Waals surface area contributed by atoms with E-state index in [9.17, 15) is 30.4 Å². The number of benzene rings is 3. The molecule has 0 saturated carbocycles. The molecular formula is C32H33F2NO6S2. The lowest BCUT2D eigenvalue weighted by Gasteiger charge is -2.43. The predicted molar refractivity (Wildman–Crippen MR) is 157 cm³/mol. The molecule has 1 aliphatic carbocycles. The van der Waals surface area contributed by atoms with E-state index in [1.165, 1.54) is 18.2 Å². The number of carbonyl (C=O) groups excluding carboxylic acids is 1. The lowest BCUT2D eigenvalue weighted by atomic mass is 9.78. The molecular weight excluding hydrogens is 596 g/mol. The van der Waals surface area contributed by atoms with E-state index >= 15 is 0 Å². The van der Waals surface area contributed by atoms with Crippen LogP contribution in [0.4, 0.5) is 8.78 Å². The second-order valence-electron chi connectivity index (χ2n) is 11.8. The Bertz CT molecular complexity index is 1760. The third-order valence-corrected chi connectivity index (χ3v) is 13.6. The first-order valence-electron chi connectivity index (χ1n) is 14.4. The second-order valence-corrected chi connectivity index (χ2v) is 16.3. The Kier molecular flexibility index (Phi) is 7.61. The molecule has 228 valence electrons. The minimum Gasteiger partial charge on any atom is -0.489 e. The normalized spacial score (nSPS) is 23.4. The Balaban J connectivity index is 1.37. The van der Waals surface area contributed by atoms with Gasteiger partial charge in [0, 0.05) is 18.0 Å². The third kappa shape index (κ3) is 5.14. The van der Waals surface area contributed by atoms with Crippen molar-refractivity contribution in [3.8, 4) is 5.75 Å². The Morgan fingerprint density at radius 1 is 1.02 bits per heavy atom. The molecule has 2 saturated heterocycles. The zero-order valence-corrected chi connectivity index (χ0v) is 25.4. The van der Waals surface area contributed by atoms with Crippen LogP contribution in [0.2, 0.25) is 0 Å². The van der Waals surface area contributed by atoms with E-state index in [1.54, 1.807) is 42.2 Å². The summed E-state index contributed by atoms with van der Waals surface area (Å²) >= 11 is 0. The Morgan fingerprint density at radius 3 is 2.44 bits per heavy atom. The predicted octanol–water partition coefficient (Wildman–Crippen LogP) is 4.89. The summed E-state index contributed by atoms with van der Waals surface area (Å²) in [5.74, 6) is -1.25. The van der Waals surface area contributed by atoms with Crippen molar-refractivity contribution >= 4 is 25.6 Å². The van der Waals surface area contributed by atoms with Gasteiger partial charge in [0.05, 0.1) is 22.4 Å². The van der Waals surface area contributed by atoms with Gasteiger partial charge >= 0.3 is 0 Å². The lowest BCUT2D eigenvalue weighted by Crippen LogP contribution is -2.53. The summed E-state index contributed by atoms with van der Waals surface area (Å²) in [7, 11) is -7.30. The van der Waals surface area contributed by atoms with Crippen molar-refractivity contribution in [1.82, 2.24) is 4.90 Å². The molecule has 0 radical (unpaired) electrons. The zero-order chi connectivity index (χ0) is 30.6. The maximum Gasteiger partial charge on any atom is 0.226 e. The number of likely N-dealkylation sites (tertiary alicyclic amines) is 1. The van der Waals surface area contributed by atoms with Crippen molar-refractivity contribution < 1.29 is 35.1 Å². The minimum absolute atomic E-state index is 0.0122. The molecule has 0 aromatic heterocycles. The van der Waals surface area contributed by atoms with Gasteiger partial charge in [-0.3, -0.25) is 4.79 Å². The maximum atomic E-state index is 14.6. The van der Waals surface area contributed by atoms with Crippen LogP contribution < -0.4 is 4.74 Å². The highest BCUT2D eigenvalue weighted by Crippen LogP contribution is 2.53. The molecule has 7 nitrogen and oxygen atoms in total. The Hall–Kier alpha value is -3.31. The highest BCUT2D eigenvalue weighted by molar-refractivity contribution is 7.92. The van der Waals surface area contributed by atoms with Crippen molar-refractivity contribution in [1.29, 1.82) is 0 Å². The lowest BCUT2D eigenvalue weighted by molar-refractivity contribution is -0.137. The number of rotatable bonds is 6. The van der Waals surface area contributed by atoms with Crippen LogP contribution in [0.15, 0.2) is 65.6 Å². The van der Waals surface area contributed by atoms with Gasteiger partial charge in [0.15, 0.2) is 9.84 Å². The molecule has 0 unspecified atom stereocenters. The molecule has 3 aromatic carbocycles. The van der Waals surface area contributed by atoms with Gasteiger partial charge < -0.3 is 9.64 Å². The molecule has 2 atom stereocenters. The number of hydrogen-bond donors (Lipinski definition) is 0. The highest BCUT2D eigenvalue weighted by atomic mass is 32.2. The number of aryl methyl sites for hydroxylation is 2. The van der Waals surface area contributed by atoms with Crippen LogP contribution in [0.1, 0.15) is 47.9 Å². The van der Waals surface area contributed by atoms with Crippen molar-refractivity contribution in [2.45, 2.75) is 61.3 Å². The fourth-order valence-corrected chi connectivity index (χ4v) is 10.9. The van der Waals surface area contributed by atoms with Crippen LogP contribution in [0, 0.1) is 24.5 Å². The average molecular weight is 630 g/mol. The van der Waals surface area contributed by atoms with Gasteiger partial charge in [-0.05, 0) is 98.2 Å². The number of ether oxygens (including phenoxy) is 1. The van der Waals surface area contributed by atoms with Crippen LogP contribution in [-0.2, 0) is 42.2 Å². The van der Waals surface area contributed by atoms with E-state index in [0.29, 0.717) is 29.7 Å². The Labute approximate surface area is 250 Å². The van der Waals surface area contributed by atoms with Crippen LogP contribution in [-0.4, -0.2) is 51.7 Å². The van der Waals surface area contributed by atoms with Crippen molar-refractivity contribution in [2.24, 2.45) is 5.92 Å². The molecule has 0 spiro atoms. The monoisotopic (exact) mass is 629 g/mol.